The van der Waals surface area contributed by atoms with Crippen molar-refractivity contribution in [1.82, 2.24) is 57.7 Å². The molecule has 7 rings (SSSR count). The first kappa shape index (κ1) is 74.9. The minimum absolute atomic E-state index is 0. The van der Waals surface area contributed by atoms with E-state index in [1.165, 1.54) is 7.11 Å². The first-order valence-electron chi connectivity index (χ1n) is 26.5. The van der Waals surface area contributed by atoms with Crippen LogP contribution in [0, 0.1) is 25.7 Å². The molecule has 29 heteroatoms. The SMILES string of the molecule is CC(C)N(C(C)C)P(Cl)N(C(C)C)C(C)C.COP(N(C(C)C)C(C)C)N(C(C)C)C(C)C.COP1(=O)OC[C@H]2O[C@@H](n3cnc4c(C)nc(N)nc43)[C-](C)[C@@H]2O1.Cc1nc(N)nc2c1ncn2[C@@H]1O[C@H](CO)[C@@H](O)[C-]1C.[Y].[Y]. The molecule has 1 unspecified atom stereocenters. The molecular weight excluding hydrogens is 1250 g/mol. The standard InChI is InChI=1S/C13H17N5O5P.C13H31N2OP.C12H28ClN2P.C12H16N5O3.2Y/c1-6-10-8(4-21-24(19,20-3)23-10)22-12(6)18-5-15-9-7(2)16-13(14)17-11(9)18;1-10(2)14(11(3)4)17(16-9)15(12(5)6)13(7)8;1-9(2)14(10(3)4)16(13)15(11(5)6)12(7)8;1-5-9(19)7(3-18)20-11(5)17-4-14-8-6(2)15-12(13)16-10(8)17;;/h5,8,10,12H,4H2,1-3H3,(H2,14,16,17);10-13H,1-9H3;9-12H,1-8H3;4,7,9,11,18-19H,3H2,1-2H3,(H2,13,15,16);;/q-1;;;-1;;/t8-,10+,12-,24?;;;7-,9+,11-;;/m1..1../s1. The molecule has 3 saturated heterocycles. The van der Waals surface area contributed by atoms with Crippen molar-refractivity contribution in [1.29, 1.82) is 0 Å². The van der Waals surface area contributed by atoms with Gasteiger partial charge in [0.15, 0.2) is 19.7 Å². The number of aryl methyl sites for hydroxylation is 2. The third-order valence-electron chi connectivity index (χ3n) is 12.9. The summed E-state index contributed by atoms with van der Waals surface area (Å²) in [5.74, 6) is 1.85. The molecular formula is C50H92ClN14O9P3Y2-2. The maximum Gasteiger partial charge on any atom is 0.472 e. The van der Waals surface area contributed by atoms with Crippen LogP contribution in [0.1, 0.15) is 148 Å². The summed E-state index contributed by atoms with van der Waals surface area (Å²) in [6, 6.07) is 3.96. The first-order chi connectivity index (χ1) is 35.9. The van der Waals surface area contributed by atoms with Crippen molar-refractivity contribution in [2.45, 2.75) is 224 Å². The molecule has 446 valence electrons. The molecule has 3 fully saturated rings. The monoisotopic (exact) mass is 1340 g/mol. The molecule has 0 amide bonds. The van der Waals surface area contributed by atoms with Gasteiger partial charge in [-0.1, -0.05) is 11.2 Å². The number of ether oxygens (including phenoxy) is 2. The van der Waals surface area contributed by atoms with Crippen molar-refractivity contribution in [3.05, 3.63) is 35.9 Å². The Morgan fingerprint density at radius 3 is 1.41 bits per heavy atom. The summed E-state index contributed by atoms with van der Waals surface area (Å²) in [7, 11) is -1.82. The quantitative estimate of drug-likeness (QED) is 0.0566. The van der Waals surface area contributed by atoms with Crippen LogP contribution in [0.15, 0.2) is 12.7 Å². The maximum absolute atomic E-state index is 12.2. The van der Waals surface area contributed by atoms with Crippen molar-refractivity contribution in [3.8, 4) is 0 Å². The maximum atomic E-state index is 12.2. The normalized spacial score (nSPS) is 22.9. The summed E-state index contributed by atoms with van der Waals surface area (Å²) in [5, 5.41) is 19.2. The molecule has 79 heavy (non-hydrogen) atoms. The zero-order chi connectivity index (χ0) is 58.3. The van der Waals surface area contributed by atoms with Gasteiger partial charge >= 0.3 is 7.82 Å². The van der Waals surface area contributed by atoms with Gasteiger partial charge in [-0.25, -0.2) is 45.7 Å². The van der Waals surface area contributed by atoms with E-state index in [1.807, 2.05) is 21.0 Å². The third kappa shape index (κ3) is 18.4. The van der Waals surface area contributed by atoms with Crippen LogP contribution in [0.2, 0.25) is 0 Å². The fourth-order valence-electron chi connectivity index (χ4n) is 9.85. The summed E-state index contributed by atoms with van der Waals surface area (Å²) in [6.45, 7) is 42.8. The number of nitrogens with two attached hydrogens (primary N) is 2. The van der Waals surface area contributed by atoms with Crippen LogP contribution < -0.4 is 11.5 Å². The van der Waals surface area contributed by atoms with E-state index >= 15 is 0 Å². The molecule has 7 heterocycles. The average molecular weight is 1340 g/mol. The van der Waals surface area contributed by atoms with E-state index in [0.717, 1.165) is 5.92 Å². The molecule has 4 aromatic heterocycles. The van der Waals surface area contributed by atoms with Crippen LogP contribution >= 0.6 is 35.1 Å². The predicted octanol–water partition coefficient (Wildman–Crippen LogP) is 9.72. The number of aromatic nitrogens is 8. The smallest absolute Gasteiger partial charge is 0.422 e. The molecule has 3 aliphatic rings. The van der Waals surface area contributed by atoms with Gasteiger partial charge in [0.2, 0.25) is 11.9 Å². The minimum Gasteiger partial charge on any atom is -0.422 e. The van der Waals surface area contributed by atoms with E-state index in [1.54, 1.807) is 35.6 Å². The Morgan fingerprint density at radius 1 is 0.696 bits per heavy atom. The summed E-state index contributed by atoms with van der Waals surface area (Å²) < 4.78 is 58.4. The summed E-state index contributed by atoms with van der Waals surface area (Å²) in [6.07, 6.45) is -0.148. The van der Waals surface area contributed by atoms with Crippen LogP contribution in [-0.4, -0.2) is 168 Å². The van der Waals surface area contributed by atoms with Crippen LogP contribution in [-0.2, 0) is 97.6 Å². The molecule has 7 atom stereocenters. The van der Waals surface area contributed by atoms with Gasteiger partial charge in [0.25, 0.3) is 0 Å². The Hall–Kier alpha value is -0.192. The molecule has 0 spiro atoms. The van der Waals surface area contributed by atoms with Crippen LogP contribution in [0.4, 0.5) is 11.9 Å². The van der Waals surface area contributed by atoms with Gasteiger partial charge in [-0.05, 0) is 137 Å². The van der Waals surface area contributed by atoms with Crippen LogP contribution in [0.3, 0.4) is 0 Å². The Bertz CT molecular complexity index is 2450. The average Bonchev–Trinajstić information content (AvgIpc) is 4.09. The van der Waals surface area contributed by atoms with E-state index in [-0.39, 0.29) is 96.6 Å². The third-order valence-corrected chi connectivity index (χ3v) is 21.0. The van der Waals surface area contributed by atoms with E-state index in [9.17, 15) is 14.8 Å². The van der Waals surface area contributed by atoms with E-state index in [2.05, 4.69) is 159 Å². The summed E-state index contributed by atoms with van der Waals surface area (Å²) >= 11 is 6.71. The number of phosphoric acid groups is 1. The van der Waals surface area contributed by atoms with E-state index in [0.29, 0.717) is 88.0 Å². The van der Waals surface area contributed by atoms with E-state index in [4.69, 9.17) is 50.3 Å². The Labute approximate surface area is 528 Å². The molecule has 0 aromatic carbocycles. The number of rotatable bonds is 17. The molecule has 0 aliphatic carbocycles. The zero-order valence-electron chi connectivity index (χ0n) is 50.8. The number of aliphatic hydroxyl groups is 2. The van der Waals surface area contributed by atoms with E-state index < -0.39 is 54.6 Å². The number of fused-ring (bicyclic) bond motifs is 3. The number of hydrogen-bond donors (Lipinski definition) is 4. The first-order valence-corrected chi connectivity index (χ1v) is 31.3. The van der Waals surface area contributed by atoms with Gasteiger partial charge in [-0.15, -0.1) is 0 Å². The molecule has 0 saturated carbocycles. The minimum atomic E-state index is -3.54. The zero-order valence-corrected chi connectivity index (χ0v) is 59.9. The number of phosphoric ester groups is 1. The van der Waals surface area contributed by atoms with Gasteiger partial charge in [-0.3, -0.25) is 18.4 Å². The number of aliphatic hydroxyl groups excluding tert-OH is 2. The Balaban J connectivity index is 0.000000363. The molecule has 6 N–H and O–H groups in total. The van der Waals surface area contributed by atoms with Crippen LogP contribution in [0.25, 0.3) is 22.3 Å². The fourth-order valence-corrected chi connectivity index (χ4v) is 17.1. The number of nitrogen functional groups attached to an aromatic ring is 2. The molecule has 23 nitrogen and oxygen atoms in total. The topological polar surface area (TPSA) is 265 Å². The van der Waals surface area contributed by atoms with Crippen molar-refractivity contribution >= 4 is 69.3 Å². The molecule has 4 aromatic rings. The van der Waals surface area contributed by atoms with Gasteiger partial charge in [0, 0.05) is 140 Å². The van der Waals surface area contributed by atoms with Gasteiger partial charge in [0.05, 0.1) is 49.5 Å². The second-order valence-electron chi connectivity index (χ2n) is 21.5. The van der Waals surface area contributed by atoms with Crippen molar-refractivity contribution in [2.75, 3.05) is 38.9 Å². The Morgan fingerprint density at radius 2 is 1.08 bits per heavy atom. The summed E-state index contributed by atoms with van der Waals surface area (Å²) in [4.78, 5) is 25.2. The molecule has 0 bridgehead atoms. The second-order valence-corrected chi connectivity index (χ2v) is 27.4. The predicted molar refractivity (Wildman–Crippen MR) is 308 cm³/mol. The molecule has 3 aliphatic heterocycles. The molecule has 2 radical (unpaired) electrons. The number of nitrogens with zero attached hydrogens (tertiary/aromatic N) is 12. The van der Waals surface area contributed by atoms with Crippen molar-refractivity contribution < 1.29 is 108 Å². The number of anilines is 2. The number of imidazole rings is 2. The van der Waals surface area contributed by atoms with Crippen molar-refractivity contribution in [2.24, 2.45) is 0 Å². The summed E-state index contributed by atoms with van der Waals surface area (Å²) in [5.41, 5.74) is 15.2. The second kappa shape index (κ2) is 33.1. The van der Waals surface area contributed by atoms with Gasteiger partial charge in [-0.2, -0.15) is 23.8 Å². The van der Waals surface area contributed by atoms with Gasteiger partial charge < -0.3 is 49.3 Å². The van der Waals surface area contributed by atoms with Crippen molar-refractivity contribution in [3.63, 3.8) is 0 Å². The fraction of sp³-hybridized carbons (Fsp3) is 0.760. The number of halogens is 1. The van der Waals surface area contributed by atoms with Gasteiger partial charge in [0.1, 0.15) is 18.6 Å². The number of hydrogen-bond acceptors (Lipinski definition) is 21. The Kier molecular flexibility index (Phi) is 31.4. The van der Waals surface area contributed by atoms with Crippen LogP contribution in [0.5, 0.6) is 0 Å². The largest absolute Gasteiger partial charge is 0.472 e.